The summed E-state index contributed by atoms with van der Waals surface area (Å²) in [5.74, 6) is -1.24. The van der Waals surface area contributed by atoms with Crippen LogP contribution in [0.3, 0.4) is 0 Å². The second kappa shape index (κ2) is 10.8. The van der Waals surface area contributed by atoms with E-state index in [0.717, 1.165) is 12.0 Å². The van der Waals surface area contributed by atoms with Crippen LogP contribution >= 0.6 is 0 Å². The minimum atomic E-state index is -0.556. The number of halogens is 2. The van der Waals surface area contributed by atoms with Crippen LogP contribution in [0.2, 0.25) is 0 Å². The highest BCUT2D eigenvalue weighted by molar-refractivity contribution is 5.96. The molecule has 0 aliphatic rings. The van der Waals surface area contributed by atoms with Gasteiger partial charge in [0.15, 0.2) is 5.78 Å². The molecule has 0 aliphatic carbocycles. The molecule has 0 N–H and O–H groups in total. The third-order valence-electron chi connectivity index (χ3n) is 5.29. The predicted molar refractivity (Wildman–Crippen MR) is 122 cm³/mol. The number of ketones is 1. The van der Waals surface area contributed by atoms with Crippen molar-refractivity contribution in [3.05, 3.63) is 83.7 Å². The van der Waals surface area contributed by atoms with Gasteiger partial charge in [0.1, 0.15) is 5.82 Å². The molecule has 6 heteroatoms. The summed E-state index contributed by atoms with van der Waals surface area (Å²) in [4.78, 5) is 29.7. The summed E-state index contributed by atoms with van der Waals surface area (Å²) in [5.41, 5.74) is 2.61. The smallest absolute Gasteiger partial charge is 0.226 e. The van der Waals surface area contributed by atoms with Crippen molar-refractivity contribution in [2.75, 3.05) is 11.4 Å². The average molecular weight is 437 g/mol. The molecule has 1 heterocycles. The van der Waals surface area contributed by atoms with Crippen LogP contribution in [-0.4, -0.2) is 23.2 Å². The van der Waals surface area contributed by atoms with Gasteiger partial charge in [0.2, 0.25) is 11.9 Å². The fraction of sp³-hybridized carbons (Fsp3) is 0.269. The Kier molecular flexibility index (Phi) is 7.82. The molecule has 0 fully saturated rings. The van der Waals surface area contributed by atoms with E-state index in [1.807, 2.05) is 6.92 Å². The Hall–Kier alpha value is -3.41. The molecule has 2 aromatic carbocycles. The number of rotatable bonds is 9. The van der Waals surface area contributed by atoms with Gasteiger partial charge >= 0.3 is 0 Å². The van der Waals surface area contributed by atoms with Crippen molar-refractivity contribution in [1.29, 1.82) is 0 Å². The van der Waals surface area contributed by atoms with Crippen LogP contribution in [-0.2, 0) is 11.2 Å². The number of anilines is 1. The molecule has 4 nitrogen and oxygen atoms in total. The number of nitrogens with zero attached hydrogens (tertiary/aromatic N) is 2. The number of carbonyl (C=O) groups excluding carboxylic acids is 2. The number of Topliss-reactive ketones (excluding diaryl/α,β-unsaturated/α-hetero) is 1. The number of carbonyl (C=O) groups is 2. The number of hydrogen-bond donors (Lipinski definition) is 0. The molecule has 0 spiro atoms. The summed E-state index contributed by atoms with van der Waals surface area (Å²) < 4.78 is 28.5. The van der Waals surface area contributed by atoms with Crippen molar-refractivity contribution in [1.82, 2.24) is 4.98 Å². The van der Waals surface area contributed by atoms with Crippen LogP contribution in [0.25, 0.3) is 11.1 Å². The number of hydrogen-bond acceptors (Lipinski definition) is 3. The van der Waals surface area contributed by atoms with Gasteiger partial charge in [-0.3, -0.25) is 9.59 Å². The Morgan fingerprint density at radius 1 is 0.969 bits per heavy atom. The fourth-order valence-electron chi connectivity index (χ4n) is 3.55. The molecule has 0 saturated carbocycles. The molecule has 0 saturated heterocycles. The molecule has 0 radical (unpaired) electrons. The molecule has 32 heavy (non-hydrogen) atoms. The second-order valence-corrected chi connectivity index (χ2v) is 7.52. The van der Waals surface area contributed by atoms with Crippen molar-refractivity contribution >= 4 is 17.4 Å². The molecule has 0 bridgehead atoms. The van der Waals surface area contributed by atoms with Gasteiger partial charge in [-0.2, -0.15) is 4.39 Å². The number of pyridine rings is 1. The van der Waals surface area contributed by atoms with E-state index in [1.165, 1.54) is 17.2 Å². The Labute approximate surface area is 186 Å². The quantitative estimate of drug-likeness (QED) is 0.306. The summed E-state index contributed by atoms with van der Waals surface area (Å²) in [6.45, 7) is 4.16. The van der Waals surface area contributed by atoms with E-state index in [9.17, 15) is 18.4 Å². The van der Waals surface area contributed by atoms with Crippen LogP contribution < -0.4 is 4.90 Å². The normalized spacial score (nSPS) is 10.8. The van der Waals surface area contributed by atoms with Gasteiger partial charge in [-0.1, -0.05) is 50.2 Å². The Morgan fingerprint density at radius 2 is 1.69 bits per heavy atom. The maximum atomic E-state index is 14.8. The zero-order chi connectivity index (χ0) is 23.1. The molecule has 1 aromatic heterocycles. The van der Waals surface area contributed by atoms with E-state index >= 15 is 0 Å². The fourth-order valence-corrected chi connectivity index (χ4v) is 3.55. The minimum absolute atomic E-state index is 0.102. The standard InChI is InChI=1S/C26H26F2N2O2/c1-3-16-30(25(32)4-2)23-13-11-21(17-22(23)27)18-7-9-19(10-8-18)24(31)14-12-20-6-5-15-29-26(20)28/h5-11,13,15,17H,3-4,12,14,16H2,1-2H3. The van der Waals surface area contributed by atoms with Gasteiger partial charge in [-0.05, 0) is 42.2 Å². The van der Waals surface area contributed by atoms with Gasteiger partial charge in [0.05, 0.1) is 5.69 Å². The monoisotopic (exact) mass is 436 g/mol. The van der Waals surface area contributed by atoms with E-state index in [4.69, 9.17) is 0 Å². The third-order valence-corrected chi connectivity index (χ3v) is 5.29. The lowest BCUT2D eigenvalue weighted by molar-refractivity contribution is -0.118. The van der Waals surface area contributed by atoms with E-state index in [0.29, 0.717) is 29.7 Å². The van der Waals surface area contributed by atoms with Crippen LogP contribution in [0.15, 0.2) is 60.8 Å². The Bertz CT molecular complexity index is 1100. The second-order valence-electron chi connectivity index (χ2n) is 7.52. The Morgan fingerprint density at radius 3 is 2.31 bits per heavy atom. The highest BCUT2D eigenvalue weighted by atomic mass is 19.1. The molecule has 0 atom stereocenters. The predicted octanol–water partition coefficient (Wildman–Crippen LogP) is 6.00. The topological polar surface area (TPSA) is 50.3 Å². The average Bonchev–Trinajstić information content (AvgIpc) is 2.81. The lowest BCUT2D eigenvalue weighted by Gasteiger charge is -2.22. The summed E-state index contributed by atoms with van der Waals surface area (Å²) in [5, 5.41) is 0. The number of benzene rings is 2. The maximum absolute atomic E-state index is 14.8. The van der Waals surface area contributed by atoms with Crippen molar-refractivity contribution < 1.29 is 18.4 Å². The number of amides is 1. The van der Waals surface area contributed by atoms with Crippen molar-refractivity contribution in [2.24, 2.45) is 0 Å². The summed E-state index contributed by atoms with van der Waals surface area (Å²) in [6.07, 6.45) is 2.86. The SMILES string of the molecule is CCCN(C(=O)CC)c1ccc(-c2ccc(C(=O)CCc3cccnc3F)cc2)cc1F. The largest absolute Gasteiger partial charge is 0.310 e. The molecule has 3 rings (SSSR count). The number of aryl methyl sites for hydroxylation is 1. The van der Waals surface area contributed by atoms with Crippen LogP contribution in [0.4, 0.5) is 14.5 Å². The molecule has 166 valence electrons. The maximum Gasteiger partial charge on any atom is 0.226 e. The van der Waals surface area contributed by atoms with Gasteiger partial charge in [-0.25, -0.2) is 9.37 Å². The highest BCUT2D eigenvalue weighted by Crippen LogP contribution is 2.28. The summed E-state index contributed by atoms with van der Waals surface area (Å²) >= 11 is 0. The molecule has 1 amide bonds. The molecule has 3 aromatic rings. The minimum Gasteiger partial charge on any atom is -0.310 e. The molecule has 0 aliphatic heterocycles. The first-order valence-corrected chi connectivity index (χ1v) is 10.8. The zero-order valence-electron chi connectivity index (χ0n) is 18.3. The van der Waals surface area contributed by atoms with Crippen molar-refractivity contribution in [3.63, 3.8) is 0 Å². The zero-order valence-corrected chi connectivity index (χ0v) is 18.3. The first kappa shape index (κ1) is 23.3. The first-order valence-electron chi connectivity index (χ1n) is 10.8. The lowest BCUT2D eigenvalue weighted by atomic mass is 9.99. The highest BCUT2D eigenvalue weighted by Gasteiger charge is 2.17. The van der Waals surface area contributed by atoms with Gasteiger partial charge in [0.25, 0.3) is 0 Å². The molecular weight excluding hydrogens is 410 g/mol. The van der Waals surface area contributed by atoms with Crippen LogP contribution in [0.1, 0.15) is 49.0 Å². The lowest BCUT2D eigenvalue weighted by Crippen LogP contribution is -2.31. The van der Waals surface area contributed by atoms with E-state index in [-0.39, 0.29) is 30.2 Å². The third kappa shape index (κ3) is 5.44. The molecular formula is C26H26F2N2O2. The first-order chi connectivity index (χ1) is 15.4. The number of aromatic nitrogens is 1. The van der Waals surface area contributed by atoms with E-state index in [2.05, 4.69) is 4.98 Å². The Balaban J connectivity index is 1.72. The van der Waals surface area contributed by atoms with E-state index < -0.39 is 11.8 Å². The van der Waals surface area contributed by atoms with Gasteiger partial charge < -0.3 is 4.90 Å². The molecule has 0 unspecified atom stereocenters. The van der Waals surface area contributed by atoms with Gasteiger partial charge in [0, 0.05) is 36.7 Å². The van der Waals surface area contributed by atoms with E-state index in [1.54, 1.807) is 55.5 Å². The van der Waals surface area contributed by atoms with Crippen molar-refractivity contribution in [2.45, 2.75) is 39.5 Å². The summed E-state index contributed by atoms with van der Waals surface area (Å²) in [6, 6.07) is 14.9. The van der Waals surface area contributed by atoms with Gasteiger partial charge in [-0.15, -0.1) is 0 Å². The van der Waals surface area contributed by atoms with Crippen LogP contribution in [0, 0.1) is 11.8 Å². The van der Waals surface area contributed by atoms with Crippen LogP contribution in [0.5, 0.6) is 0 Å². The summed E-state index contributed by atoms with van der Waals surface area (Å²) in [7, 11) is 0. The van der Waals surface area contributed by atoms with Crippen molar-refractivity contribution in [3.8, 4) is 11.1 Å².